The lowest BCUT2D eigenvalue weighted by Crippen LogP contribution is -2.12. The van der Waals surface area contributed by atoms with Crippen molar-refractivity contribution < 1.29 is 28.9 Å². The molecular weight excluding hydrogens is 457 g/mol. The molecule has 162 valence electrons. The van der Waals surface area contributed by atoms with Crippen molar-refractivity contribution in [2.24, 2.45) is 0 Å². The SMILES string of the molecule is N#Cc1cc(Cl)cc(Oc2cc(Cl)cc(OCC(=O)c3ccc(OCC(=O)O)cc3)c2)c1. The van der Waals surface area contributed by atoms with Gasteiger partial charge in [-0.15, -0.1) is 0 Å². The van der Waals surface area contributed by atoms with Gasteiger partial charge in [0.2, 0.25) is 0 Å². The Morgan fingerprint density at radius 3 is 2.06 bits per heavy atom. The van der Waals surface area contributed by atoms with Crippen LogP contribution < -0.4 is 14.2 Å². The van der Waals surface area contributed by atoms with Crippen LogP contribution in [0.2, 0.25) is 10.0 Å². The Kier molecular flexibility index (Phi) is 7.55. The quantitative estimate of drug-likeness (QED) is 0.417. The van der Waals surface area contributed by atoms with Crippen LogP contribution in [0, 0.1) is 11.3 Å². The number of carbonyl (C=O) groups excluding carboxylic acids is 1. The minimum atomic E-state index is -1.09. The first kappa shape index (κ1) is 22.9. The molecule has 0 aliphatic rings. The van der Waals surface area contributed by atoms with E-state index in [-0.39, 0.29) is 12.4 Å². The van der Waals surface area contributed by atoms with Crippen molar-refractivity contribution in [3.8, 4) is 29.1 Å². The van der Waals surface area contributed by atoms with Gasteiger partial charge in [0.25, 0.3) is 0 Å². The Labute approximate surface area is 193 Å². The number of carboxylic acid groups (broad SMARTS) is 1. The lowest BCUT2D eigenvalue weighted by molar-refractivity contribution is -0.139. The second-order valence-electron chi connectivity index (χ2n) is 6.43. The van der Waals surface area contributed by atoms with Gasteiger partial charge < -0.3 is 19.3 Å². The summed E-state index contributed by atoms with van der Waals surface area (Å²) in [7, 11) is 0. The molecule has 0 aromatic heterocycles. The number of aliphatic carboxylic acids is 1. The first-order chi connectivity index (χ1) is 15.3. The smallest absolute Gasteiger partial charge is 0.341 e. The van der Waals surface area contributed by atoms with E-state index in [0.29, 0.717) is 44.2 Å². The standard InChI is InChI=1S/C23H15Cl2NO6/c24-16-5-14(11-26)6-20(8-16)32-21-9-17(25)7-19(10-21)30-12-22(27)15-1-3-18(4-2-15)31-13-23(28)29/h1-10H,12-13H2,(H,28,29). The number of carbonyl (C=O) groups is 2. The predicted molar refractivity (Wildman–Crippen MR) is 117 cm³/mol. The van der Waals surface area contributed by atoms with Crippen molar-refractivity contribution in [1.82, 2.24) is 0 Å². The van der Waals surface area contributed by atoms with Crippen LogP contribution in [0.25, 0.3) is 0 Å². The van der Waals surface area contributed by atoms with Crippen LogP contribution in [-0.4, -0.2) is 30.1 Å². The lowest BCUT2D eigenvalue weighted by Gasteiger charge is -2.11. The molecule has 0 saturated carbocycles. The summed E-state index contributed by atoms with van der Waals surface area (Å²) in [5, 5.41) is 18.3. The molecule has 0 aliphatic heterocycles. The summed E-state index contributed by atoms with van der Waals surface area (Å²) in [6, 6.07) is 17.3. The summed E-state index contributed by atoms with van der Waals surface area (Å²) in [4.78, 5) is 22.9. The lowest BCUT2D eigenvalue weighted by atomic mass is 10.1. The third-order valence-corrected chi connectivity index (χ3v) is 4.43. The normalized spacial score (nSPS) is 10.2. The predicted octanol–water partition coefficient (Wildman–Crippen LogP) is 5.38. The monoisotopic (exact) mass is 471 g/mol. The van der Waals surface area contributed by atoms with Gasteiger partial charge >= 0.3 is 5.97 Å². The first-order valence-corrected chi connectivity index (χ1v) is 9.88. The van der Waals surface area contributed by atoms with Crippen molar-refractivity contribution in [2.45, 2.75) is 0 Å². The maximum atomic E-state index is 12.4. The molecule has 0 fully saturated rings. The van der Waals surface area contributed by atoms with Gasteiger partial charge in [-0.1, -0.05) is 23.2 Å². The highest BCUT2D eigenvalue weighted by atomic mass is 35.5. The van der Waals surface area contributed by atoms with Crippen LogP contribution >= 0.6 is 23.2 Å². The van der Waals surface area contributed by atoms with E-state index in [4.69, 9.17) is 47.8 Å². The summed E-state index contributed by atoms with van der Waals surface area (Å²) >= 11 is 12.1. The van der Waals surface area contributed by atoms with E-state index in [9.17, 15) is 9.59 Å². The molecule has 0 radical (unpaired) electrons. The van der Waals surface area contributed by atoms with Crippen molar-refractivity contribution in [1.29, 1.82) is 5.26 Å². The Morgan fingerprint density at radius 2 is 1.41 bits per heavy atom. The van der Waals surface area contributed by atoms with E-state index in [1.54, 1.807) is 18.2 Å². The molecule has 0 spiro atoms. The van der Waals surface area contributed by atoms with Gasteiger partial charge in [-0.25, -0.2) is 4.79 Å². The molecule has 7 nitrogen and oxygen atoms in total. The average molecular weight is 472 g/mol. The number of hydrogen-bond donors (Lipinski definition) is 1. The molecule has 0 unspecified atom stereocenters. The van der Waals surface area contributed by atoms with Gasteiger partial charge in [-0.3, -0.25) is 4.79 Å². The number of nitriles is 1. The molecule has 0 saturated heterocycles. The Morgan fingerprint density at radius 1 is 0.812 bits per heavy atom. The fourth-order valence-electron chi connectivity index (χ4n) is 2.62. The zero-order chi connectivity index (χ0) is 23.1. The molecule has 3 rings (SSSR count). The molecule has 9 heteroatoms. The molecule has 0 aliphatic carbocycles. The molecule has 3 aromatic rings. The van der Waals surface area contributed by atoms with Gasteiger partial charge in [0, 0.05) is 21.7 Å². The maximum absolute atomic E-state index is 12.4. The molecule has 0 bridgehead atoms. The van der Waals surface area contributed by atoms with Gasteiger partial charge in [-0.2, -0.15) is 5.26 Å². The van der Waals surface area contributed by atoms with Crippen LogP contribution in [0.15, 0.2) is 60.7 Å². The third-order valence-electron chi connectivity index (χ3n) is 3.99. The highest BCUT2D eigenvalue weighted by Crippen LogP contribution is 2.31. The maximum Gasteiger partial charge on any atom is 0.341 e. The number of halogens is 2. The van der Waals surface area contributed by atoms with Gasteiger partial charge in [0.05, 0.1) is 11.6 Å². The van der Waals surface area contributed by atoms with E-state index in [1.807, 2.05) is 6.07 Å². The number of carboxylic acids is 1. The highest BCUT2D eigenvalue weighted by Gasteiger charge is 2.10. The number of ether oxygens (including phenoxy) is 3. The summed E-state index contributed by atoms with van der Waals surface area (Å²) in [5.41, 5.74) is 0.713. The first-order valence-electron chi connectivity index (χ1n) is 9.12. The van der Waals surface area contributed by atoms with E-state index in [0.717, 1.165) is 0 Å². The fourth-order valence-corrected chi connectivity index (χ4v) is 3.06. The minimum Gasteiger partial charge on any atom is -0.485 e. The Bertz CT molecular complexity index is 1190. The topological polar surface area (TPSA) is 106 Å². The van der Waals surface area contributed by atoms with E-state index >= 15 is 0 Å². The molecular formula is C23H15Cl2NO6. The van der Waals surface area contributed by atoms with Crippen molar-refractivity contribution in [3.05, 3.63) is 81.8 Å². The zero-order valence-electron chi connectivity index (χ0n) is 16.4. The molecule has 3 aromatic carbocycles. The number of Topliss-reactive ketones (excluding diaryl/α,β-unsaturated/α-hetero) is 1. The molecule has 0 atom stereocenters. The molecule has 0 heterocycles. The van der Waals surface area contributed by atoms with Crippen molar-refractivity contribution >= 4 is 35.0 Å². The molecule has 32 heavy (non-hydrogen) atoms. The zero-order valence-corrected chi connectivity index (χ0v) is 17.9. The fraction of sp³-hybridized carbons (Fsp3) is 0.0870. The second kappa shape index (κ2) is 10.5. The Hall–Kier alpha value is -3.73. The largest absolute Gasteiger partial charge is 0.485 e. The average Bonchev–Trinajstić information content (AvgIpc) is 2.75. The van der Waals surface area contributed by atoms with Crippen LogP contribution in [0.3, 0.4) is 0 Å². The summed E-state index contributed by atoms with van der Waals surface area (Å²) in [6.07, 6.45) is 0. The van der Waals surface area contributed by atoms with Gasteiger partial charge in [0.1, 0.15) is 23.0 Å². The number of benzene rings is 3. The van der Waals surface area contributed by atoms with Gasteiger partial charge in [0.15, 0.2) is 19.0 Å². The van der Waals surface area contributed by atoms with Crippen LogP contribution in [-0.2, 0) is 4.79 Å². The van der Waals surface area contributed by atoms with E-state index < -0.39 is 12.6 Å². The van der Waals surface area contributed by atoms with Gasteiger partial charge in [-0.05, 0) is 54.6 Å². The highest BCUT2D eigenvalue weighted by molar-refractivity contribution is 6.31. The number of nitrogens with zero attached hydrogens (tertiary/aromatic N) is 1. The van der Waals surface area contributed by atoms with Crippen LogP contribution in [0.5, 0.6) is 23.0 Å². The van der Waals surface area contributed by atoms with Crippen LogP contribution in [0.4, 0.5) is 0 Å². The third kappa shape index (κ3) is 6.64. The number of ketones is 1. The number of hydrogen-bond acceptors (Lipinski definition) is 6. The minimum absolute atomic E-state index is 0.259. The Balaban J connectivity index is 1.65. The van der Waals surface area contributed by atoms with Crippen molar-refractivity contribution in [2.75, 3.05) is 13.2 Å². The second-order valence-corrected chi connectivity index (χ2v) is 7.30. The summed E-state index contributed by atoms with van der Waals surface area (Å²) in [5.74, 6) is -0.0588. The van der Waals surface area contributed by atoms with E-state index in [1.165, 1.54) is 42.5 Å². The van der Waals surface area contributed by atoms with Crippen LogP contribution in [0.1, 0.15) is 15.9 Å². The molecule has 0 amide bonds. The summed E-state index contributed by atoms with van der Waals surface area (Å²) < 4.78 is 16.3. The molecule has 1 N–H and O–H groups in total. The van der Waals surface area contributed by atoms with E-state index in [2.05, 4.69) is 0 Å². The van der Waals surface area contributed by atoms with Crippen molar-refractivity contribution in [3.63, 3.8) is 0 Å². The summed E-state index contributed by atoms with van der Waals surface area (Å²) in [6.45, 7) is -0.729. The number of rotatable bonds is 9.